The third-order valence-electron chi connectivity index (χ3n) is 5.07. The maximum absolute atomic E-state index is 12.9. The van der Waals surface area contributed by atoms with Gasteiger partial charge in [-0.15, -0.1) is 0 Å². The Morgan fingerprint density at radius 1 is 1.17 bits per heavy atom. The third kappa shape index (κ3) is 4.11. The van der Waals surface area contributed by atoms with Crippen LogP contribution in [0.4, 0.5) is 10.5 Å². The minimum atomic E-state index is -0.256. The number of aromatic nitrogens is 2. The van der Waals surface area contributed by atoms with E-state index in [1.807, 2.05) is 31.2 Å². The average Bonchev–Trinajstić information content (AvgIpc) is 3.25. The Kier molecular flexibility index (Phi) is 5.25. The second-order valence-corrected chi connectivity index (χ2v) is 7.15. The van der Waals surface area contributed by atoms with Crippen LogP contribution in [0.3, 0.4) is 0 Å². The topological polar surface area (TPSA) is 95.0 Å². The lowest BCUT2D eigenvalue weighted by Crippen LogP contribution is -2.41. The number of anilines is 1. The number of rotatable bonds is 3. The van der Waals surface area contributed by atoms with Gasteiger partial charge in [0.1, 0.15) is 6.04 Å². The number of aryl methyl sites for hydroxylation is 1. The van der Waals surface area contributed by atoms with Crippen LogP contribution in [0.5, 0.6) is 0 Å². The maximum Gasteiger partial charge on any atom is 0.322 e. The lowest BCUT2D eigenvalue weighted by atomic mass is 10.0. The molecule has 1 N–H and O–H groups in total. The zero-order chi connectivity index (χ0) is 20.2. The van der Waals surface area contributed by atoms with Crippen molar-refractivity contribution < 1.29 is 9.32 Å². The molecule has 2 heterocycles. The van der Waals surface area contributed by atoms with Crippen LogP contribution in [0.25, 0.3) is 11.4 Å². The predicted octanol–water partition coefficient (Wildman–Crippen LogP) is 4.68. The fourth-order valence-corrected chi connectivity index (χ4v) is 3.45. The molecule has 4 rings (SSSR count). The van der Waals surface area contributed by atoms with Gasteiger partial charge in [-0.05, 0) is 50.5 Å². The van der Waals surface area contributed by atoms with E-state index in [4.69, 9.17) is 9.78 Å². The lowest BCUT2D eigenvalue weighted by molar-refractivity contribution is 0.142. The van der Waals surface area contributed by atoms with Gasteiger partial charge < -0.3 is 14.7 Å². The van der Waals surface area contributed by atoms with E-state index in [0.29, 0.717) is 29.5 Å². The van der Waals surface area contributed by atoms with E-state index < -0.39 is 0 Å². The monoisotopic (exact) mass is 387 g/mol. The molecular formula is C22H21N5O2. The molecular weight excluding hydrogens is 366 g/mol. The van der Waals surface area contributed by atoms with Crippen molar-refractivity contribution in [1.29, 1.82) is 5.26 Å². The van der Waals surface area contributed by atoms with E-state index in [9.17, 15) is 4.79 Å². The first kappa shape index (κ1) is 18.7. The van der Waals surface area contributed by atoms with E-state index in [0.717, 1.165) is 30.4 Å². The van der Waals surface area contributed by atoms with Gasteiger partial charge in [-0.2, -0.15) is 10.2 Å². The summed E-state index contributed by atoms with van der Waals surface area (Å²) in [5.41, 5.74) is 3.24. The first-order valence-electron chi connectivity index (χ1n) is 9.62. The van der Waals surface area contributed by atoms with Crippen molar-refractivity contribution in [3.05, 3.63) is 65.5 Å². The highest BCUT2D eigenvalue weighted by molar-refractivity contribution is 5.89. The quantitative estimate of drug-likeness (QED) is 0.704. The highest BCUT2D eigenvalue weighted by Gasteiger charge is 2.32. The molecule has 0 radical (unpaired) electrons. The number of nitriles is 1. The van der Waals surface area contributed by atoms with E-state index in [2.05, 4.69) is 21.5 Å². The number of amides is 2. The van der Waals surface area contributed by atoms with E-state index >= 15 is 0 Å². The van der Waals surface area contributed by atoms with Gasteiger partial charge in [0.15, 0.2) is 0 Å². The van der Waals surface area contributed by atoms with Gasteiger partial charge in [0.2, 0.25) is 11.7 Å². The van der Waals surface area contributed by atoms with Gasteiger partial charge in [-0.1, -0.05) is 35.0 Å². The third-order valence-corrected chi connectivity index (χ3v) is 5.07. The molecule has 1 aliphatic heterocycles. The van der Waals surface area contributed by atoms with Crippen molar-refractivity contribution in [1.82, 2.24) is 15.0 Å². The Bertz CT molecular complexity index is 1030. The number of nitrogens with one attached hydrogen (secondary N) is 1. The molecule has 1 atom stereocenters. The van der Waals surface area contributed by atoms with Crippen molar-refractivity contribution in [3.63, 3.8) is 0 Å². The highest BCUT2D eigenvalue weighted by Crippen LogP contribution is 2.31. The Morgan fingerprint density at radius 2 is 1.93 bits per heavy atom. The number of hydrogen-bond donors (Lipinski definition) is 1. The normalized spacial score (nSPS) is 16.3. The summed E-state index contributed by atoms with van der Waals surface area (Å²) in [5, 5.41) is 15.9. The van der Waals surface area contributed by atoms with Gasteiger partial charge in [-0.3, -0.25) is 0 Å². The SMILES string of the molecule is Cc1ccc(-c2noc(C3CCCCN3C(=O)Nc3ccc(C#N)cc3)n2)cc1. The van der Waals surface area contributed by atoms with Gasteiger partial charge in [0.05, 0.1) is 11.6 Å². The van der Waals surface area contributed by atoms with Crippen molar-refractivity contribution in [2.45, 2.75) is 32.2 Å². The maximum atomic E-state index is 12.9. The van der Waals surface area contributed by atoms with E-state index in [-0.39, 0.29) is 12.1 Å². The fourth-order valence-electron chi connectivity index (χ4n) is 3.45. The van der Waals surface area contributed by atoms with Crippen LogP contribution in [0.2, 0.25) is 0 Å². The zero-order valence-electron chi connectivity index (χ0n) is 16.1. The Balaban J connectivity index is 1.52. The van der Waals surface area contributed by atoms with Crippen molar-refractivity contribution in [2.75, 3.05) is 11.9 Å². The number of carbonyl (C=O) groups excluding carboxylic acids is 1. The number of urea groups is 1. The molecule has 1 fully saturated rings. The van der Waals surface area contributed by atoms with Crippen molar-refractivity contribution >= 4 is 11.7 Å². The second kappa shape index (κ2) is 8.15. The number of nitrogens with zero attached hydrogens (tertiary/aromatic N) is 4. The molecule has 7 nitrogen and oxygen atoms in total. The summed E-state index contributed by atoms with van der Waals surface area (Å²) in [5.74, 6) is 0.980. The first-order chi connectivity index (χ1) is 14.1. The number of piperidine rings is 1. The molecule has 3 aromatic rings. The summed E-state index contributed by atoms with van der Waals surface area (Å²) >= 11 is 0. The minimum absolute atomic E-state index is 0.213. The number of benzene rings is 2. The molecule has 29 heavy (non-hydrogen) atoms. The van der Waals surface area contributed by atoms with Crippen LogP contribution >= 0.6 is 0 Å². The summed E-state index contributed by atoms with van der Waals surface area (Å²) < 4.78 is 5.53. The molecule has 0 bridgehead atoms. The zero-order valence-corrected chi connectivity index (χ0v) is 16.1. The number of hydrogen-bond acceptors (Lipinski definition) is 5. The summed E-state index contributed by atoms with van der Waals surface area (Å²) in [6.45, 7) is 2.65. The lowest BCUT2D eigenvalue weighted by Gasteiger charge is -2.33. The molecule has 146 valence electrons. The Labute approximate surface area is 169 Å². The standard InChI is InChI=1S/C22H21N5O2/c1-15-5-9-17(10-6-15)20-25-21(29-26-20)19-4-2-3-13-27(19)22(28)24-18-11-7-16(14-23)8-12-18/h5-12,19H,2-4,13H2,1H3,(H,24,28). The fraction of sp³-hybridized carbons (Fsp3) is 0.273. The van der Waals surface area contributed by atoms with Crippen molar-refractivity contribution in [2.24, 2.45) is 0 Å². The largest absolute Gasteiger partial charge is 0.337 e. The highest BCUT2D eigenvalue weighted by atomic mass is 16.5. The summed E-state index contributed by atoms with van der Waals surface area (Å²) in [6, 6.07) is 16.3. The Morgan fingerprint density at radius 3 is 2.66 bits per heavy atom. The molecule has 1 aliphatic rings. The van der Waals surface area contributed by atoms with Gasteiger partial charge in [0, 0.05) is 17.8 Å². The molecule has 0 spiro atoms. The van der Waals surface area contributed by atoms with Gasteiger partial charge in [-0.25, -0.2) is 4.79 Å². The molecule has 1 unspecified atom stereocenters. The first-order valence-corrected chi connectivity index (χ1v) is 9.62. The molecule has 1 saturated heterocycles. The van der Waals surface area contributed by atoms with Crippen LogP contribution in [-0.2, 0) is 0 Å². The van der Waals surface area contributed by atoms with Gasteiger partial charge >= 0.3 is 6.03 Å². The summed E-state index contributed by atoms with van der Waals surface area (Å²) in [6.07, 6.45) is 2.69. The average molecular weight is 387 g/mol. The molecule has 2 amide bonds. The predicted molar refractivity (Wildman–Crippen MR) is 108 cm³/mol. The smallest absolute Gasteiger partial charge is 0.322 e. The van der Waals surface area contributed by atoms with Crippen LogP contribution in [0, 0.1) is 18.3 Å². The van der Waals surface area contributed by atoms with Gasteiger partial charge in [0.25, 0.3) is 0 Å². The van der Waals surface area contributed by atoms with Crippen molar-refractivity contribution in [3.8, 4) is 17.5 Å². The molecule has 1 aromatic heterocycles. The van der Waals surface area contributed by atoms with Crippen LogP contribution in [0.1, 0.15) is 42.3 Å². The minimum Gasteiger partial charge on any atom is -0.337 e. The molecule has 2 aromatic carbocycles. The summed E-state index contributed by atoms with van der Waals surface area (Å²) in [7, 11) is 0. The molecule has 0 aliphatic carbocycles. The molecule has 0 saturated carbocycles. The number of carbonyl (C=O) groups is 1. The van der Waals surface area contributed by atoms with E-state index in [1.54, 1.807) is 29.2 Å². The van der Waals surface area contributed by atoms with Crippen LogP contribution in [-0.4, -0.2) is 27.6 Å². The number of likely N-dealkylation sites (tertiary alicyclic amines) is 1. The summed E-state index contributed by atoms with van der Waals surface area (Å²) in [4.78, 5) is 19.2. The van der Waals surface area contributed by atoms with Crippen LogP contribution in [0.15, 0.2) is 53.1 Å². The van der Waals surface area contributed by atoms with Crippen LogP contribution < -0.4 is 5.32 Å². The Hall–Kier alpha value is -3.66. The molecule has 7 heteroatoms. The van der Waals surface area contributed by atoms with E-state index in [1.165, 1.54) is 0 Å². The second-order valence-electron chi connectivity index (χ2n) is 7.15.